The summed E-state index contributed by atoms with van der Waals surface area (Å²) in [7, 11) is 0. The first-order valence-electron chi connectivity index (χ1n) is 4.69. The average molecular weight is 239 g/mol. The second kappa shape index (κ2) is 5.05. The predicted molar refractivity (Wildman–Crippen MR) is 58.8 cm³/mol. The van der Waals surface area contributed by atoms with Crippen LogP contribution in [0.1, 0.15) is 11.3 Å². The van der Waals surface area contributed by atoms with Crippen LogP contribution in [-0.2, 0) is 13.2 Å². The van der Waals surface area contributed by atoms with E-state index in [-0.39, 0.29) is 12.4 Å². The summed E-state index contributed by atoms with van der Waals surface area (Å²) in [6.45, 7) is 0.0757. The molecule has 0 saturated carbocycles. The number of nitrogens with zero attached hydrogens (tertiary/aromatic N) is 1. The highest BCUT2D eigenvalue weighted by Gasteiger charge is 2.05. The third kappa shape index (κ3) is 2.56. The average Bonchev–Trinajstić information content (AvgIpc) is 2.80. The zero-order chi connectivity index (χ0) is 11.4. The number of hydrogen-bond donors (Lipinski definition) is 1. The molecule has 3 nitrogen and oxygen atoms in total. The molecule has 0 aliphatic heterocycles. The highest BCUT2D eigenvalue weighted by Crippen LogP contribution is 2.20. The zero-order valence-electron chi connectivity index (χ0n) is 8.39. The van der Waals surface area contributed by atoms with Crippen LogP contribution in [0.3, 0.4) is 0 Å². The summed E-state index contributed by atoms with van der Waals surface area (Å²) in [5, 5.41) is 10.9. The molecular weight excluding hydrogens is 229 g/mol. The predicted octanol–water partition coefficient (Wildman–Crippen LogP) is 2.35. The highest BCUT2D eigenvalue weighted by atomic mass is 32.1. The Kier molecular flexibility index (Phi) is 3.48. The number of rotatable bonds is 4. The maximum atomic E-state index is 12.9. The lowest BCUT2D eigenvalue weighted by molar-refractivity contribution is 0.257. The molecule has 0 unspecified atom stereocenters. The fourth-order valence-corrected chi connectivity index (χ4v) is 1.82. The summed E-state index contributed by atoms with van der Waals surface area (Å²) >= 11 is 1.49. The van der Waals surface area contributed by atoms with E-state index < -0.39 is 0 Å². The van der Waals surface area contributed by atoms with Gasteiger partial charge in [-0.25, -0.2) is 9.37 Å². The Balaban J connectivity index is 2.09. The van der Waals surface area contributed by atoms with Crippen molar-refractivity contribution in [2.75, 3.05) is 0 Å². The number of ether oxygens (including phenoxy) is 1. The summed E-state index contributed by atoms with van der Waals surface area (Å²) in [4.78, 5) is 4.06. The molecule has 0 radical (unpaired) electrons. The van der Waals surface area contributed by atoms with Crippen molar-refractivity contribution in [2.24, 2.45) is 0 Å². The quantitative estimate of drug-likeness (QED) is 0.890. The summed E-state index contributed by atoms with van der Waals surface area (Å²) in [6, 6.07) is 4.07. The first-order chi connectivity index (χ1) is 7.79. The minimum Gasteiger partial charge on any atom is -0.487 e. The second-order valence-electron chi connectivity index (χ2n) is 3.18. The Hall–Kier alpha value is -1.46. The van der Waals surface area contributed by atoms with Crippen LogP contribution in [0.15, 0.2) is 29.1 Å². The smallest absolute Gasteiger partial charge is 0.131 e. The summed E-state index contributed by atoms with van der Waals surface area (Å²) in [6.07, 6.45) is 0. The number of aromatic nitrogens is 1. The molecule has 0 aliphatic carbocycles. The van der Waals surface area contributed by atoms with Crippen molar-refractivity contribution < 1.29 is 14.2 Å². The first-order valence-corrected chi connectivity index (χ1v) is 5.63. The Morgan fingerprint density at radius 1 is 1.44 bits per heavy atom. The molecule has 0 bridgehead atoms. The number of benzene rings is 1. The largest absolute Gasteiger partial charge is 0.487 e. The SMILES string of the molecule is OCc1cc(F)ccc1OCc1cscn1. The second-order valence-corrected chi connectivity index (χ2v) is 3.90. The molecule has 16 heavy (non-hydrogen) atoms. The van der Waals surface area contributed by atoms with Crippen LogP contribution in [0.2, 0.25) is 0 Å². The van der Waals surface area contributed by atoms with Gasteiger partial charge in [-0.1, -0.05) is 0 Å². The van der Waals surface area contributed by atoms with Crippen molar-refractivity contribution in [3.63, 3.8) is 0 Å². The number of thiazole rings is 1. The van der Waals surface area contributed by atoms with Gasteiger partial charge in [0.25, 0.3) is 0 Å². The lowest BCUT2D eigenvalue weighted by Gasteiger charge is -2.08. The molecule has 0 amide bonds. The van der Waals surface area contributed by atoms with Crippen LogP contribution in [-0.4, -0.2) is 10.1 Å². The number of halogens is 1. The van der Waals surface area contributed by atoms with E-state index in [9.17, 15) is 4.39 Å². The van der Waals surface area contributed by atoms with E-state index in [2.05, 4.69) is 4.98 Å². The van der Waals surface area contributed by atoms with E-state index in [4.69, 9.17) is 9.84 Å². The van der Waals surface area contributed by atoms with Crippen molar-refractivity contribution in [2.45, 2.75) is 13.2 Å². The molecule has 84 valence electrons. The minimum atomic E-state index is -0.384. The van der Waals surface area contributed by atoms with Gasteiger partial charge in [-0.3, -0.25) is 0 Å². The molecule has 1 aromatic heterocycles. The maximum absolute atomic E-state index is 12.9. The molecule has 2 aromatic rings. The van der Waals surface area contributed by atoms with Gasteiger partial charge in [0.05, 0.1) is 17.8 Å². The maximum Gasteiger partial charge on any atom is 0.131 e. The van der Waals surface area contributed by atoms with E-state index in [1.807, 2.05) is 5.38 Å². The van der Waals surface area contributed by atoms with Gasteiger partial charge in [0, 0.05) is 10.9 Å². The van der Waals surface area contributed by atoms with Crippen molar-refractivity contribution in [1.82, 2.24) is 4.98 Å². The third-order valence-corrected chi connectivity index (χ3v) is 2.69. The molecule has 5 heteroatoms. The molecule has 0 atom stereocenters. The molecule has 1 N–H and O–H groups in total. The third-order valence-electron chi connectivity index (χ3n) is 2.05. The number of aliphatic hydroxyl groups excluding tert-OH is 1. The van der Waals surface area contributed by atoms with Crippen LogP contribution in [0, 0.1) is 5.82 Å². The monoisotopic (exact) mass is 239 g/mol. The molecule has 1 aromatic carbocycles. The number of hydrogen-bond acceptors (Lipinski definition) is 4. The van der Waals surface area contributed by atoms with Gasteiger partial charge in [-0.2, -0.15) is 0 Å². The molecule has 2 rings (SSSR count). The summed E-state index contributed by atoms with van der Waals surface area (Å²) < 4.78 is 18.3. The Labute approximate surface area is 96.2 Å². The fraction of sp³-hybridized carbons (Fsp3) is 0.182. The van der Waals surface area contributed by atoms with Gasteiger partial charge in [-0.15, -0.1) is 11.3 Å². The molecule has 0 fully saturated rings. The highest BCUT2D eigenvalue weighted by molar-refractivity contribution is 7.07. The van der Waals surface area contributed by atoms with E-state index >= 15 is 0 Å². The van der Waals surface area contributed by atoms with Crippen molar-refractivity contribution in [1.29, 1.82) is 0 Å². The van der Waals surface area contributed by atoms with E-state index in [0.29, 0.717) is 17.9 Å². The van der Waals surface area contributed by atoms with Gasteiger partial charge in [0.1, 0.15) is 18.2 Å². The van der Waals surface area contributed by atoms with Crippen LogP contribution >= 0.6 is 11.3 Å². The fourth-order valence-electron chi connectivity index (χ4n) is 1.27. The van der Waals surface area contributed by atoms with Gasteiger partial charge >= 0.3 is 0 Å². The Morgan fingerprint density at radius 2 is 2.31 bits per heavy atom. The lowest BCUT2D eigenvalue weighted by atomic mass is 10.2. The van der Waals surface area contributed by atoms with Crippen molar-refractivity contribution >= 4 is 11.3 Å². The lowest BCUT2D eigenvalue weighted by Crippen LogP contribution is -1.99. The Morgan fingerprint density at radius 3 is 3.00 bits per heavy atom. The van der Waals surface area contributed by atoms with Crippen LogP contribution in [0.25, 0.3) is 0 Å². The van der Waals surface area contributed by atoms with E-state index in [1.165, 1.54) is 29.5 Å². The summed E-state index contributed by atoms with van der Waals surface area (Å²) in [5.74, 6) is 0.0990. The molecular formula is C11H10FNO2S. The topological polar surface area (TPSA) is 42.4 Å². The standard InChI is InChI=1S/C11H10FNO2S/c12-9-1-2-11(8(3-9)4-14)15-5-10-6-16-7-13-10/h1-3,6-7,14H,4-5H2. The van der Waals surface area contributed by atoms with Gasteiger partial charge in [0.15, 0.2) is 0 Å². The zero-order valence-corrected chi connectivity index (χ0v) is 9.21. The van der Waals surface area contributed by atoms with Gasteiger partial charge in [-0.05, 0) is 18.2 Å². The minimum absolute atomic E-state index is 0.246. The summed E-state index contributed by atoms with van der Waals surface area (Å²) in [5.41, 5.74) is 2.98. The van der Waals surface area contributed by atoms with Gasteiger partial charge in [0.2, 0.25) is 0 Å². The Bertz CT molecular complexity index is 459. The molecule has 1 heterocycles. The van der Waals surface area contributed by atoms with E-state index in [1.54, 1.807) is 5.51 Å². The molecule has 0 aliphatic rings. The van der Waals surface area contributed by atoms with Gasteiger partial charge < -0.3 is 9.84 Å². The first kappa shape index (κ1) is 11.0. The van der Waals surface area contributed by atoms with Crippen LogP contribution in [0.5, 0.6) is 5.75 Å². The molecule has 0 saturated heterocycles. The van der Waals surface area contributed by atoms with Crippen molar-refractivity contribution in [3.8, 4) is 5.75 Å². The number of aliphatic hydroxyl groups is 1. The normalized spacial score (nSPS) is 10.4. The van der Waals surface area contributed by atoms with E-state index in [0.717, 1.165) is 5.69 Å². The van der Waals surface area contributed by atoms with Crippen molar-refractivity contribution in [3.05, 3.63) is 46.2 Å². The van der Waals surface area contributed by atoms with Crippen LogP contribution in [0.4, 0.5) is 4.39 Å². The molecule has 0 spiro atoms. The van der Waals surface area contributed by atoms with Crippen LogP contribution < -0.4 is 4.74 Å².